The van der Waals surface area contributed by atoms with Crippen molar-refractivity contribution in [1.82, 2.24) is 10.3 Å². The van der Waals surface area contributed by atoms with Crippen molar-refractivity contribution in [3.05, 3.63) is 48.0 Å². The first kappa shape index (κ1) is 22.4. The molecule has 7 heteroatoms. The van der Waals surface area contributed by atoms with Gasteiger partial charge in [0.2, 0.25) is 0 Å². The van der Waals surface area contributed by atoms with Gasteiger partial charge in [0.25, 0.3) is 0 Å². The van der Waals surface area contributed by atoms with Gasteiger partial charge in [-0.25, -0.2) is 9.78 Å². The summed E-state index contributed by atoms with van der Waals surface area (Å²) in [4.78, 5) is 28.9. The molecule has 2 rings (SSSR count). The van der Waals surface area contributed by atoms with Gasteiger partial charge in [-0.3, -0.25) is 9.69 Å². The lowest BCUT2D eigenvalue weighted by Gasteiger charge is -2.18. The van der Waals surface area contributed by atoms with Crippen LogP contribution in [0.5, 0.6) is 0 Å². The third-order valence-electron chi connectivity index (χ3n) is 4.55. The van der Waals surface area contributed by atoms with Crippen LogP contribution in [0.4, 0.5) is 10.6 Å². The molecule has 0 aliphatic rings. The topological polar surface area (TPSA) is 91.8 Å². The molecule has 2 amide bonds. The van der Waals surface area contributed by atoms with Gasteiger partial charge in [-0.1, -0.05) is 43.7 Å². The summed E-state index contributed by atoms with van der Waals surface area (Å²) < 4.78 is 5.55. The number of benzene rings is 1. The van der Waals surface area contributed by atoms with Crippen molar-refractivity contribution < 1.29 is 19.4 Å². The number of carbonyl (C=O) groups excluding carboxylic acids is 1. The lowest BCUT2D eigenvalue weighted by molar-refractivity contribution is -0.138. The number of ether oxygens (including phenoxy) is 1. The average Bonchev–Trinajstić information content (AvgIpc) is 2.73. The average molecular weight is 399 g/mol. The first-order valence-electron chi connectivity index (χ1n) is 9.84. The van der Waals surface area contributed by atoms with Gasteiger partial charge < -0.3 is 15.2 Å². The zero-order valence-corrected chi connectivity index (χ0v) is 17.2. The van der Waals surface area contributed by atoms with Crippen LogP contribution in [0.15, 0.2) is 42.5 Å². The van der Waals surface area contributed by atoms with E-state index in [2.05, 4.69) is 17.2 Å². The monoisotopic (exact) mass is 399 g/mol. The van der Waals surface area contributed by atoms with Crippen molar-refractivity contribution in [3.8, 4) is 11.3 Å². The van der Waals surface area contributed by atoms with Crippen molar-refractivity contribution >= 4 is 17.8 Å². The molecular formula is C22H29N3O4. The smallest absolute Gasteiger partial charge is 0.322 e. The normalized spacial score (nSPS) is 11.7. The number of carboxylic acids is 1. The number of nitrogens with zero attached hydrogens (tertiary/aromatic N) is 2. The van der Waals surface area contributed by atoms with Gasteiger partial charge in [-0.2, -0.15) is 0 Å². The molecule has 1 heterocycles. The standard InChI is InChI=1S/C22H29N3O4/c1-4-5-14-23-22(28)25(3)20-8-6-7-19(24-20)18-11-9-17(10-12-18)16(2)29-15-13-21(26)27/h6-12,16H,4-5,13-15H2,1-3H3,(H,23,28)(H,26,27)/t16-/m0/s1. The van der Waals surface area contributed by atoms with Crippen molar-refractivity contribution in [2.24, 2.45) is 0 Å². The number of nitrogens with one attached hydrogen (secondary N) is 1. The number of rotatable bonds is 10. The minimum Gasteiger partial charge on any atom is -0.481 e. The Morgan fingerprint density at radius 2 is 1.93 bits per heavy atom. The highest BCUT2D eigenvalue weighted by Gasteiger charge is 2.13. The maximum absolute atomic E-state index is 12.2. The van der Waals surface area contributed by atoms with Crippen LogP contribution in [0.1, 0.15) is 44.8 Å². The number of carbonyl (C=O) groups is 2. The third-order valence-corrected chi connectivity index (χ3v) is 4.55. The Morgan fingerprint density at radius 3 is 2.59 bits per heavy atom. The molecule has 1 aromatic carbocycles. The zero-order chi connectivity index (χ0) is 21.2. The van der Waals surface area contributed by atoms with Crippen molar-refractivity contribution in [1.29, 1.82) is 0 Å². The van der Waals surface area contributed by atoms with Gasteiger partial charge in [0.15, 0.2) is 0 Å². The Morgan fingerprint density at radius 1 is 1.21 bits per heavy atom. The van der Waals surface area contributed by atoms with Crippen molar-refractivity contribution in [2.75, 3.05) is 25.1 Å². The van der Waals surface area contributed by atoms with Crippen LogP contribution >= 0.6 is 0 Å². The maximum atomic E-state index is 12.2. The van der Waals surface area contributed by atoms with Crippen LogP contribution < -0.4 is 10.2 Å². The molecule has 0 spiro atoms. The van der Waals surface area contributed by atoms with Crippen LogP contribution in [0, 0.1) is 0 Å². The summed E-state index contributed by atoms with van der Waals surface area (Å²) in [6.07, 6.45) is 1.76. The van der Waals surface area contributed by atoms with Gasteiger partial charge in [0.1, 0.15) is 5.82 Å². The number of hydrogen-bond acceptors (Lipinski definition) is 4. The molecule has 0 bridgehead atoms. The van der Waals surface area contributed by atoms with Crippen LogP contribution in [0.2, 0.25) is 0 Å². The summed E-state index contributed by atoms with van der Waals surface area (Å²) >= 11 is 0. The predicted octanol–water partition coefficient (Wildman–Crippen LogP) is 4.25. The van der Waals surface area contributed by atoms with Crippen molar-refractivity contribution in [3.63, 3.8) is 0 Å². The summed E-state index contributed by atoms with van der Waals surface area (Å²) in [7, 11) is 1.70. The van der Waals surface area contributed by atoms with E-state index in [0.717, 1.165) is 29.7 Å². The Hall–Kier alpha value is -2.93. The summed E-state index contributed by atoms with van der Waals surface area (Å²) in [6.45, 7) is 4.79. The third kappa shape index (κ3) is 6.87. The second-order valence-corrected chi connectivity index (χ2v) is 6.80. The number of amides is 2. The second-order valence-electron chi connectivity index (χ2n) is 6.80. The molecule has 0 saturated heterocycles. The lowest BCUT2D eigenvalue weighted by atomic mass is 10.1. The number of carboxylic acid groups (broad SMARTS) is 1. The van der Waals surface area contributed by atoms with E-state index in [0.29, 0.717) is 12.4 Å². The fourth-order valence-electron chi connectivity index (χ4n) is 2.71. The molecule has 0 fully saturated rings. The largest absolute Gasteiger partial charge is 0.481 e. The number of pyridine rings is 1. The number of unbranched alkanes of at least 4 members (excludes halogenated alkanes) is 1. The molecule has 7 nitrogen and oxygen atoms in total. The molecule has 0 radical (unpaired) electrons. The van der Waals surface area contributed by atoms with E-state index in [1.54, 1.807) is 13.1 Å². The minimum absolute atomic E-state index is 0.0152. The van der Waals surface area contributed by atoms with Gasteiger partial charge in [-0.15, -0.1) is 0 Å². The van der Waals surface area contributed by atoms with Crippen molar-refractivity contribution in [2.45, 2.75) is 39.2 Å². The Bertz CT molecular complexity index is 808. The van der Waals surface area contributed by atoms with E-state index >= 15 is 0 Å². The molecule has 156 valence electrons. The molecule has 0 aliphatic heterocycles. The molecule has 1 aromatic heterocycles. The highest BCUT2D eigenvalue weighted by Crippen LogP contribution is 2.24. The highest BCUT2D eigenvalue weighted by atomic mass is 16.5. The highest BCUT2D eigenvalue weighted by molar-refractivity contribution is 5.90. The first-order chi connectivity index (χ1) is 13.9. The Kier molecular flexibility index (Phi) is 8.61. The second kappa shape index (κ2) is 11.2. The summed E-state index contributed by atoms with van der Waals surface area (Å²) in [6, 6.07) is 13.2. The molecule has 2 N–H and O–H groups in total. The van der Waals surface area contributed by atoms with E-state index in [-0.39, 0.29) is 25.2 Å². The maximum Gasteiger partial charge on any atom is 0.322 e. The quantitative estimate of drug-likeness (QED) is 0.583. The van der Waals surface area contributed by atoms with E-state index in [1.807, 2.05) is 43.3 Å². The Labute approximate surface area is 171 Å². The minimum atomic E-state index is -0.873. The zero-order valence-electron chi connectivity index (χ0n) is 17.2. The predicted molar refractivity (Wildman–Crippen MR) is 113 cm³/mol. The molecule has 1 atom stereocenters. The molecular weight excluding hydrogens is 370 g/mol. The fourth-order valence-corrected chi connectivity index (χ4v) is 2.71. The van der Waals surface area contributed by atoms with Gasteiger partial charge in [-0.05, 0) is 31.0 Å². The summed E-state index contributed by atoms with van der Waals surface area (Å²) in [5.41, 5.74) is 2.65. The number of hydrogen-bond donors (Lipinski definition) is 2. The summed E-state index contributed by atoms with van der Waals surface area (Å²) in [5.74, 6) is -0.298. The lowest BCUT2D eigenvalue weighted by Crippen LogP contribution is -2.38. The Balaban J connectivity index is 2.04. The SMILES string of the molecule is CCCCNC(=O)N(C)c1cccc(-c2ccc([C@H](C)OCCC(=O)O)cc2)n1. The van der Waals surface area contributed by atoms with E-state index in [1.165, 1.54) is 4.90 Å². The number of aromatic nitrogens is 1. The first-order valence-corrected chi connectivity index (χ1v) is 9.84. The van der Waals surface area contributed by atoms with E-state index in [9.17, 15) is 9.59 Å². The van der Waals surface area contributed by atoms with E-state index < -0.39 is 5.97 Å². The van der Waals surface area contributed by atoms with E-state index in [4.69, 9.17) is 9.84 Å². The number of urea groups is 1. The number of aliphatic carboxylic acids is 1. The molecule has 29 heavy (non-hydrogen) atoms. The van der Waals surface area contributed by atoms with Gasteiger partial charge >= 0.3 is 12.0 Å². The van der Waals surface area contributed by atoms with Crippen LogP contribution in [-0.2, 0) is 9.53 Å². The fraction of sp³-hybridized carbons (Fsp3) is 0.409. The van der Waals surface area contributed by atoms with Crippen LogP contribution in [0.25, 0.3) is 11.3 Å². The molecule has 0 aliphatic carbocycles. The van der Waals surface area contributed by atoms with Crippen LogP contribution in [-0.4, -0.2) is 42.3 Å². The van der Waals surface area contributed by atoms with Crippen LogP contribution in [0.3, 0.4) is 0 Å². The number of anilines is 1. The molecule has 2 aromatic rings. The molecule has 0 unspecified atom stereocenters. The van der Waals surface area contributed by atoms with Gasteiger partial charge in [0, 0.05) is 19.2 Å². The van der Waals surface area contributed by atoms with Gasteiger partial charge in [0.05, 0.1) is 24.8 Å². The summed E-state index contributed by atoms with van der Waals surface area (Å²) in [5, 5.41) is 11.6. The molecule has 0 saturated carbocycles.